The molecule has 138 valence electrons. The maximum Gasteiger partial charge on any atom is 0.260 e. The highest BCUT2D eigenvalue weighted by molar-refractivity contribution is 9.10. The monoisotopic (exact) mass is 441 g/mol. The van der Waals surface area contributed by atoms with E-state index < -0.39 is 22.5 Å². The number of anilines is 1. The molecule has 0 bridgehead atoms. The molecule has 6 nitrogen and oxygen atoms in total. The SMILES string of the molecule is C/C(=N/NC(=O)CN(c1cccc(Br)c1)S(C)(=O)=O)c1ccc(F)cc1. The average molecular weight is 442 g/mol. The first kappa shape index (κ1) is 20.1. The minimum absolute atomic E-state index is 0.358. The second-order valence-corrected chi connectivity index (χ2v) is 8.31. The van der Waals surface area contributed by atoms with Gasteiger partial charge >= 0.3 is 0 Å². The van der Waals surface area contributed by atoms with E-state index in [9.17, 15) is 17.6 Å². The lowest BCUT2D eigenvalue weighted by molar-refractivity contribution is -0.119. The van der Waals surface area contributed by atoms with E-state index in [1.165, 1.54) is 24.3 Å². The van der Waals surface area contributed by atoms with Gasteiger partial charge < -0.3 is 0 Å². The van der Waals surface area contributed by atoms with Crippen LogP contribution >= 0.6 is 15.9 Å². The van der Waals surface area contributed by atoms with E-state index in [2.05, 4.69) is 26.5 Å². The third kappa shape index (κ3) is 5.63. The fraction of sp³-hybridized carbons (Fsp3) is 0.176. The molecule has 0 saturated carbocycles. The molecule has 2 aromatic carbocycles. The molecule has 0 spiro atoms. The molecule has 0 saturated heterocycles. The third-order valence-corrected chi connectivity index (χ3v) is 5.03. The molecule has 9 heteroatoms. The van der Waals surface area contributed by atoms with Gasteiger partial charge in [0.05, 0.1) is 17.7 Å². The predicted octanol–water partition coefficient (Wildman–Crippen LogP) is 2.89. The van der Waals surface area contributed by atoms with E-state index in [0.717, 1.165) is 10.6 Å². The maximum atomic E-state index is 12.9. The van der Waals surface area contributed by atoms with Crippen LogP contribution in [0.3, 0.4) is 0 Å². The highest BCUT2D eigenvalue weighted by atomic mass is 79.9. The Labute approximate surface area is 159 Å². The van der Waals surface area contributed by atoms with Crippen LogP contribution in [0.15, 0.2) is 58.1 Å². The minimum Gasteiger partial charge on any atom is -0.271 e. The molecule has 0 unspecified atom stereocenters. The smallest absolute Gasteiger partial charge is 0.260 e. The molecule has 0 aliphatic carbocycles. The molecule has 0 aromatic heterocycles. The fourth-order valence-electron chi connectivity index (χ4n) is 2.10. The fourth-order valence-corrected chi connectivity index (χ4v) is 3.33. The van der Waals surface area contributed by atoms with E-state index in [-0.39, 0.29) is 5.82 Å². The number of rotatable bonds is 6. The van der Waals surface area contributed by atoms with Crippen molar-refractivity contribution in [1.29, 1.82) is 0 Å². The van der Waals surface area contributed by atoms with Crippen molar-refractivity contribution >= 4 is 43.3 Å². The summed E-state index contributed by atoms with van der Waals surface area (Å²) in [5.41, 5.74) is 3.78. The largest absolute Gasteiger partial charge is 0.271 e. The molecule has 1 N–H and O–H groups in total. The van der Waals surface area contributed by atoms with Gasteiger partial charge in [-0.3, -0.25) is 9.10 Å². The molecular weight excluding hydrogens is 425 g/mol. The van der Waals surface area contributed by atoms with E-state index >= 15 is 0 Å². The Morgan fingerprint density at radius 2 is 1.88 bits per heavy atom. The van der Waals surface area contributed by atoms with Gasteiger partial charge in [-0.2, -0.15) is 5.10 Å². The molecule has 2 aromatic rings. The standard InChI is InChI=1S/C17H17BrFN3O3S/c1-12(13-6-8-15(19)9-7-13)20-21-17(23)11-22(26(2,24)25)16-5-3-4-14(18)10-16/h3-10H,11H2,1-2H3,(H,21,23)/b20-12-. The van der Waals surface area contributed by atoms with Crippen molar-refractivity contribution in [2.24, 2.45) is 5.10 Å². The van der Waals surface area contributed by atoms with E-state index in [1.807, 2.05) is 0 Å². The van der Waals surface area contributed by atoms with Gasteiger partial charge in [-0.05, 0) is 42.8 Å². The molecule has 2 rings (SSSR count). The molecule has 0 aliphatic rings. The summed E-state index contributed by atoms with van der Waals surface area (Å²) < 4.78 is 38.7. The second-order valence-electron chi connectivity index (χ2n) is 5.49. The van der Waals surface area contributed by atoms with E-state index in [0.29, 0.717) is 21.4 Å². The van der Waals surface area contributed by atoms with Crippen molar-refractivity contribution < 1.29 is 17.6 Å². The Hall–Kier alpha value is -2.26. The van der Waals surface area contributed by atoms with Crippen LogP contribution in [0.2, 0.25) is 0 Å². The number of sulfonamides is 1. The van der Waals surface area contributed by atoms with Gasteiger partial charge in [0.25, 0.3) is 5.91 Å². The minimum atomic E-state index is -3.66. The molecule has 0 radical (unpaired) electrons. The number of hydrazone groups is 1. The zero-order chi connectivity index (χ0) is 19.3. The van der Waals surface area contributed by atoms with Crippen LogP contribution in [0.25, 0.3) is 0 Å². The Balaban J connectivity index is 2.12. The van der Waals surface area contributed by atoms with Crippen molar-refractivity contribution in [3.63, 3.8) is 0 Å². The van der Waals surface area contributed by atoms with Crippen LogP contribution in [-0.4, -0.2) is 32.8 Å². The van der Waals surface area contributed by atoms with Gasteiger partial charge in [-0.1, -0.05) is 34.1 Å². The summed E-state index contributed by atoms with van der Waals surface area (Å²) in [6, 6.07) is 12.2. The average Bonchev–Trinajstić information content (AvgIpc) is 2.57. The molecule has 0 fully saturated rings. The topological polar surface area (TPSA) is 78.8 Å². The Morgan fingerprint density at radius 1 is 1.23 bits per heavy atom. The normalized spacial score (nSPS) is 11.9. The van der Waals surface area contributed by atoms with Crippen LogP contribution in [0.4, 0.5) is 10.1 Å². The summed E-state index contributed by atoms with van der Waals surface area (Å²) in [5, 5.41) is 3.93. The van der Waals surface area contributed by atoms with Crippen LogP contribution in [0.1, 0.15) is 12.5 Å². The predicted molar refractivity (Wildman–Crippen MR) is 103 cm³/mol. The van der Waals surface area contributed by atoms with Crippen LogP contribution in [0, 0.1) is 5.82 Å². The molecule has 0 aliphatic heterocycles. The van der Waals surface area contributed by atoms with Gasteiger partial charge in [0.15, 0.2) is 0 Å². The van der Waals surface area contributed by atoms with Crippen molar-refractivity contribution in [3.8, 4) is 0 Å². The van der Waals surface area contributed by atoms with Crippen molar-refractivity contribution in [2.45, 2.75) is 6.92 Å². The van der Waals surface area contributed by atoms with Crippen molar-refractivity contribution in [3.05, 3.63) is 64.4 Å². The Morgan fingerprint density at radius 3 is 2.46 bits per heavy atom. The summed E-state index contributed by atoms with van der Waals surface area (Å²) in [6.45, 7) is 1.23. The number of carbonyl (C=O) groups excluding carboxylic acids is 1. The number of nitrogens with one attached hydrogen (secondary N) is 1. The van der Waals surface area contributed by atoms with Gasteiger partial charge in [0.1, 0.15) is 12.4 Å². The highest BCUT2D eigenvalue weighted by Gasteiger charge is 2.21. The zero-order valence-electron chi connectivity index (χ0n) is 14.1. The summed E-state index contributed by atoms with van der Waals surface area (Å²) in [5.74, 6) is -0.972. The third-order valence-electron chi connectivity index (χ3n) is 3.39. The summed E-state index contributed by atoms with van der Waals surface area (Å²) in [4.78, 5) is 12.2. The van der Waals surface area contributed by atoms with Gasteiger partial charge in [-0.15, -0.1) is 0 Å². The Kier molecular flexibility index (Phi) is 6.49. The second kappa shape index (κ2) is 8.41. The number of hydrogen-bond acceptors (Lipinski definition) is 4. The lowest BCUT2D eigenvalue weighted by atomic mass is 10.1. The lowest BCUT2D eigenvalue weighted by Gasteiger charge is -2.21. The number of hydrogen-bond donors (Lipinski definition) is 1. The van der Waals surface area contributed by atoms with Crippen molar-refractivity contribution in [2.75, 3.05) is 17.1 Å². The van der Waals surface area contributed by atoms with Crippen LogP contribution in [0.5, 0.6) is 0 Å². The summed E-state index contributed by atoms with van der Waals surface area (Å²) in [6.07, 6.45) is 1.02. The lowest BCUT2D eigenvalue weighted by Crippen LogP contribution is -2.39. The van der Waals surface area contributed by atoms with E-state index in [4.69, 9.17) is 0 Å². The van der Waals surface area contributed by atoms with Gasteiger partial charge in [-0.25, -0.2) is 18.2 Å². The number of halogens is 2. The zero-order valence-corrected chi connectivity index (χ0v) is 16.5. The molecule has 26 heavy (non-hydrogen) atoms. The number of carbonyl (C=O) groups is 1. The number of nitrogens with zero attached hydrogens (tertiary/aromatic N) is 2. The number of amides is 1. The molecule has 1 amide bonds. The van der Waals surface area contributed by atoms with Crippen LogP contribution in [-0.2, 0) is 14.8 Å². The van der Waals surface area contributed by atoms with Gasteiger partial charge in [0.2, 0.25) is 10.0 Å². The number of benzene rings is 2. The highest BCUT2D eigenvalue weighted by Crippen LogP contribution is 2.21. The molecular formula is C17H17BrFN3O3S. The Bertz CT molecular complexity index is 931. The first-order valence-electron chi connectivity index (χ1n) is 7.49. The summed E-state index contributed by atoms with van der Waals surface area (Å²) in [7, 11) is -3.66. The molecule has 0 heterocycles. The van der Waals surface area contributed by atoms with Crippen LogP contribution < -0.4 is 9.73 Å². The maximum absolute atomic E-state index is 12.9. The van der Waals surface area contributed by atoms with Crippen molar-refractivity contribution in [1.82, 2.24) is 5.43 Å². The first-order valence-corrected chi connectivity index (χ1v) is 10.1. The quantitative estimate of drug-likeness (QED) is 0.552. The summed E-state index contributed by atoms with van der Waals surface area (Å²) >= 11 is 3.27. The van der Waals surface area contributed by atoms with Gasteiger partial charge in [0, 0.05) is 4.47 Å². The molecule has 0 atom stereocenters. The van der Waals surface area contributed by atoms with E-state index in [1.54, 1.807) is 31.2 Å². The first-order chi connectivity index (χ1) is 12.2.